The number of hydrogen-bond acceptors (Lipinski definition) is 9. The number of aliphatic hydroxyl groups is 1. The molecule has 1 N–H and O–H groups in total. The van der Waals surface area contributed by atoms with Gasteiger partial charge in [-0.1, -0.05) is 30.3 Å². The van der Waals surface area contributed by atoms with Crippen molar-refractivity contribution >= 4 is 0 Å². The van der Waals surface area contributed by atoms with Gasteiger partial charge in [-0.3, -0.25) is 9.80 Å². The number of benzene rings is 4. The standard InChI is InChI=1S/C43H51N3O6/c1-7-18-44(2)26-32(47)27-50-42-40(49-6)24-31-17-20-46(4)37-22-29-10-15-38(48-5)39(23-29)51-33-12-8-28(9-13-33)21-36-35-25-34(52-43(42)41(31)37)14-11-30(35)16-19-45(36)3/h7-15,23-25,32,36-37,47H,1,16-22,26-27H2,2-6H3/t32?,36-,37-/m0/s1. The van der Waals surface area contributed by atoms with Gasteiger partial charge in [-0.2, -0.15) is 0 Å². The van der Waals surface area contributed by atoms with Gasteiger partial charge >= 0.3 is 0 Å². The van der Waals surface area contributed by atoms with Gasteiger partial charge in [0.1, 0.15) is 24.2 Å². The fourth-order valence-electron chi connectivity index (χ4n) is 7.90. The van der Waals surface area contributed by atoms with Crippen LogP contribution < -0.4 is 23.7 Å². The molecule has 274 valence electrons. The Hall–Kier alpha value is -4.54. The highest BCUT2D eigenvalue weighted by Gasteiger charge is 2.34. The van der Waals surface area contributed by atoms with Crippen LogP contribution in [0.3, 0.4) is 0 Å². The molecule has 0 spiro atoms. The second-order valence-corrected chi connectivity index (χ2v) is 14.4. The minimum atomic E-state index is -0.734. The number of aliphatic hydroxyl groups excluding tert-OH is 1. The summed E-state index contributed by atoms with van der Waals surface area (Å²) in [4.78, 5) is 6.82. The molecule has 0 saturated carbocycles. The van der Waals surface area contributed by atoms with Gasteiger partial charge in [0.2, 0.25) is 5.75 Å². The first-order valence-corrected chi connectivity index (χ1v) is 18.2. The van der Waals surface area contributed by atoms with Crippen molar-refractivity contribution < 1.29 is 28.8 Å². The summed E-state index contributed by atoms with van der Waals surface area (Å²) in [6, 6.07) is 23.3. The Bertz CT molecular complexity index is 1900. The van der Waals surface area contributed by atoms with E-state index in [0.29, 0.717) is 48.3 Å². The van der Waals surface area contributed by atoms with Crippen LogP contribution in [0.15, 0.2) is 79.4 Å². The summed E-state index contributed by atoms with van der Waals surface area (Å²) < 4.78 is 31.9. The van der Waals surface area contributed by atoms with Crippen LogP contribution in [-0.4, -0.2) is 94.1 Å². The number of ether oxygens (including phenoxy) is 5. The van der Waals surface area contributed by atoms with Gasteiger partial charge in [-0.25, -0.2) is 0 Å². The smallest absolute Gasteiger partial charge is 0.204 e. The van der Waals surface area contributed by atoms with E-state index in [9.17, 15) is 5.11 Å². The van der Waals surface area contributed by atoms with Gasteiger partial charge in [0.15, 0.2) is 23.0 Å². The van der Waals surface area contributed by atoms with Gasteiger partial charge in [0.05, 0.1) is 14.2 Å². The fraction of sp³-hybridized carbons (Fsp3) is 0.395. The third-order valence-electron chi connectivity index (χ3n) is 10.7. The molecular weight excluding hydrogens is 654 g/mol. The molecule has 0 amide bonds. The van der Waals surface area contributed by atoms with E-state index in [1.807, 2.05) is 24.1 Å². The molecular formula is C43H51N3O6. The van der Waals surface area contributed by atoms with E-state index >= 15 is 0 Å². The lowest BCUT2D eigenvalue weighted by atomic mass is 9.87. The van der Waals surface area contributed by atoms with E-state index in [1.165, 1.54) is 16.7 Å². The molecule has 1 unspecified atom stereocenters. The second kappa shape index (κ2) is 15.6. The Morgan fingerprint density at radius 1 is 0.846 bits per heavy atom. The number of likely N-dealkylation sites (N-methyl/N-ethyl adjacent to an activating group) is 3. The van der Waals surface area contributed by atoms with Crippen LogP contribution in [0.2, 0.25) is 0 Å². The minimum Gasteiger partial charge on any atom is -0.493 e. The molecule has 4 aromatic carbocycles. The maximum Gasteiger partial charge on any atom is 0.204 e. The molecule has 0 saturated heterocycles. The molecule has 4 heterocycles. The fourth-order valence-corrected chi connectivity index (χ4v) is 7.90. The Balaban J connectivity index is 1.39. The van der Waals surface area contributed by atoms with Crippen molar-refractivity contribution in [2.24, 2.45) is 0 Å². The zero-order valence-electron chi connectivity index (χ0n) is 31.1. The van der Waals surface area contributed by atoms with Gasteiger partial charge in [0, 0.05) is 43.8 Å². The molecule has 6 bridgehead atoms. The van der Waals surface area contributed by atoms with Crippen molar-refractivity contribution in [1.29, 1.82) is 0 Å². The number of hydrogen-bond donors (Lipinski definition) is 1. The molecule has 0 aliphatic carbocycles. The predicted molar refractivity (Wildman–Crippen MR) is 204 cm³/mol. The molecule has 4 aromatic rings. The second-order valence-electron chi connectivity index (χ2n) is 14.4. The van der Waals surface area contributed by atoms with E-state index in [1.54, 1.807) is 14.2 Å². The maximum atomic E-state index is 11.0. The highest BCUT2D eigenvalue weighted by molar-refractivity contribution is 5.63. The number of methoxy groups -OCH3 is 2. The number of nitrogens with zero attached hydrogens (tertiary/aromatic N) is 3. The lowest BCUT2D eigenvalue weighted by Gasteiger charge is -2.37. The third-order valence-corrected chi connectivity index (χ3v) is 10.7. The molecule has 0 radical (unpaired) electrons. The van der Waals surface area contributed by atoms with Crippen LogP contribution in [0.25, 0.3) is 0 Å². The monoisotopic (exact) mass is 705 g/mol. The first kappa shape index (κ1) is 35.8. The van der Waals surface area contributed by atoms with Crippen LogP contribution in [0.1, 0.15) is 45.5 Å². The summed E-state index contributed by atoms with van der Waals surface area (Å²) in [5.74, 6) is 4.56. The third kappa shape index (κ3) is 7.50. The average Bonchev–Trinajstić information content (AvgIpc) is 3.14. The van der Waals surface area contributed by atoms with Gasteiger partial charge in [-0.05, 0) is 117 Å². The van der Waals surface area contributed by atoms with Crippen molar-refractivity contribution in [3.63, 3.8) is 0 Å². The summed E-state index contributed by atoms with van der Waals surface area (Å²) in [5, 5.41) is 11.0. The molecule has 4 aliphatic heterocycles. The lowest BCUT2D eigenvalue weighted by Crippen LogP contribution is -2.34. The van der Waals surface area contributed by atoms with E-state index in [2.05, 4.69) is 91.1 Å². The van der Waals surface area contributed by atoms with Crippen molar-refractivity contribution in [2.45, 2.75) is 43.9 Å². The van der Waals surface area contributed by atoms with E-state index in [0.717, 1.165) is 60.5 Å². The SMILES string of the molecule is C=CCN(C)CC(O)COc1c(OC)cc2c3c1Oc1ccc4c(c1)[C@H](Cc1ccc(cc1)Oc1cc(ccc1OC)C[C@@H]3N(C)CC2)N(C)CC4. The normalized spacial score (nSPS) is 19.1. The summed E-state index contributed by atoms with van der Waals surface area (Å²) in [6.07, 6.45) is 4.43. The van der Waals surface area contributed by atoms with Crippen LogP contribution >= 0.6 is 0 Å². The topological polar surface area (TPSA) is 76.1 Å². The molecule has 3 atom stereocenters. The number of fused-ring (bicyclic) bond motifs is 2. The van der Waals surface area contributed by atoms with Crippen LogP contribution in [0, 0.1) is 0 Å². The molecule has 4 aliphatic rings. The molecule has 0 aromatic heterocycles. The van der Waals surface area contributed by atoms with Crippen LogP contribution in [0.4, 0.5) is 0 Å². The summed E-state index contributed by atoms with van der Waals surface area (Å²) in [7, 11) is 9.65. The summed E-state index contributed by atoms with van der Waals surface area (Å²) in [6.45, 7) is 6.85. The molecule has 9 nitrogen and oxygen atoms in total. The highest BCUT2D eigenvalue weighted by Crippen LogP contribution is 2.51. The van der Waals surface area contributed by atoms with Gasteiger partial charge in [0.25, 0.3) is 0 Å². The van der Waals surface area contributed by atoms with Gasteiger partial charge < -0.3 is 33.7 Å². The van der Waals surface area contributed by atoms with Gasteiger partial charge in [-0.15, -0.1) is 6.58 Å². The van der Waals surface area contributed by atoms with E-state index in [4.69, 9.17) is 23.7 Å². The first-order chi connectivity index (χ1) is 25.2. The van der Waals surface area contributed by atoms with Crippen LogP contribution in [-0.2, 0) is 25.7 Å². The Morgan fingerprint density at radius 2 is 1.54 bits per heavy atom. The van der Waals surface area contributed by atoms with Crippen molar-refractivity contribution in [3.05, 3.63) is 113 Å². The van der Waals surface area contributed by atoms with Crippen molar-refractivity contribution in [3.8, 4) is 40.2 Å². The molecule has 52 heavy (non-hydrogen) atoms. The Morgan fingerprint density at radius 3 is 2.29 bits per heavy atom. The average molecular weight is 706 g/mol. The number of rotatable bonds is 9. The zero-order chi connectivity index (χ0) is 36.4. The molecule has 9 heteroatoms. The van der Waals surface area contributed by atoms with E-state index in [-0.39, 0.29) is 18.7 Å². The molecule has 8 rings (SSSR count). The lowest BCUT2D eigenvalue weighted by molar-refractivity contribution is 0.0770. The maximum absolute atomic E-state index is 11.0. The Labute approximate surface area is 307 Å². The summed E-state index contributed by atoms with van der Waals surface area (Å²) in [5.41, 5.74) is 7.14. The van der Waals surface area contributed by atoms with Crippen molar-refractivity contribution in [1.82, 2.24) is 14.7 Å². The molecule has 0 fully saturated rings. The largest absolute Gasteiger partial charge is 0.493 e. The highest BCUT2D eigenvalue weighted by atomic mass is 16.5. The summed E-state index contributed by atoms with van der Waals surface area (Å²) >= 11 is 0. The Kier molecular flexibility index (Phi) is 10.8. The van der Waals surface area contributed by atoms with E-state index < -0.39 is 6.10 Å². The zero-order valence-corrected chi connectivity index (χ0v) is 31.1. The first-order valence-electron chi connectivity index (χ1n) is 18.2. The minimum absolute atomic E-state index is 0.0495. The van der Waals surface area contributed by atoms with Crippen molar-refractivity contribution in [2.75, 3.05) is 68.1 Å². The quantitative estimate of drug-likeness (QED) is 0.185. The predicted octanol–water partition coefficient (Wildman–Crippen LogP) is 7.00. The van der Waals surface area contributed by atoms with Crippen LogP contribution in [0.5, 0.6) is 40.2 Å².